The SMILES string of the molecule is CCC(C)NC(=O)CCNCc1csc(C(=O)O)n1. The Balaban J connectivity index is 2.19. The molecule has 106 valence electrons. The van der Waals surface area contributed by atoms with Gasteiger partial charge in [0.1, 0.15) is 0 Å². The zero-order chi connectivity index (χ0) is 14.3. The van der Waals surface area contributed by atoms with Crippen LogP contribution < -0.4 is 10.6 Å². The highest BCUT2D eigenvalue weighted by Crippen LogP contribution is 2.09. The number of aromatic carboxylic acids is 1. The Kier molecular flexibility index (Phi) is 6.44. The van der Waals surface area contributed by atoms with E-state index in [0.29, 0.717) is 25.2 Å². The van der Waals surface area contributed by atoms with E-state index in [-0.39, 0.29) is 17.0 Å². The minimum Gasteiger partial charge on any atom is -0.476 e. The molecule has 1 aromatic heterocycles. The van der Waals surface area contributed by atoms with Gasteiger partial charge in [-0.15, -0.1) is 11.3 Å². The molecule has 1 unspecified atom stereocenters. The van der Waals surface area contributed by atoms with Gasteiger partial charge >= 0.3 is 5.97 Å². The van der Waals surface area contributed by atoms with Crippen molar-refractivity contribution in [3.8, 4) is 0 Å². The molecule has 0 fully saturated rings. The molecule has 3 N–H and O–H groups in total. The number of nitrogens with zero attached hydrogens (tertiary/aromatic N) is 1. The van der Waals surface area contributed by atoms with Crippen LogP contribution in [0.5, 0.6) is 0 Å². The number of nitrogens with one attached hydrogen (secondary N) is 2. The summed E-state index contributed by atoms with van der Waals surface area (Å²) in [6, 6.07) is 0.198. The molecule has 1 atom stereocenters. The van der Waals surface area contributed by atoms with Gasteiger partial charge in [0.2, 0.25) is 10.9 Å². The van der Waals surface area contributed by atoms with Gasteiger partial charge in [-0.05, 0) is 13.3 Å². The van der Waals surface area contributed by atoms with Crippen LogP contribution in [0.15, 0.2) is 5.38 Å². The molecule has 7 heteroatoms. The summed E-state index contributed by atoms with van der Waals surface area (Å²) in [5.41, 5.74) is 0.685. The first-order valence-electron chi connectivity index (χ1n) is 6.20. The maximum Gasteiger partial charge on any atom is 0.365 e. The molecule has 0 saturated carbocycles. The molecule has 0 bridgehead atoms. The summed E-state index contributed by atoms with van der Waals surface area (Å²) in [6.07, 6.45) is 1.32. The Morgan fingerprint density at radius 1 is 1.53 bits per heavy atom. The summed E-state index contributed by atoms with van der Waals surface area (Å²) >= 11 is 1.10. The van der Waals surface area contributed by atoms with Gasteiger partial charge in [-0.2, -0.15) is 0 Å². The van der Waals surface area contributed by atoms with Gasteiger partial charge in [-0.3, -0.25) is 4.79 Å². The van der Waals surface area contributed by atoms with Crippen molar-refractivity contribution >= 4 is 23.2 Å². The fraction of sp³-hybridized carbons (Fsp3) is 0.583. The summed E-state index contributed by atoms with van der Waals surface area (Å²) in [5.74, 6) is -0.990. The van der Waals surface area contributed by atoms with Crippen LogP contribution in [-0.2, 0) is 11.3 Å². The molecule has 1 amide bonds. The minimum atomic E-state index is -1.01. The van der Waals surface area contributed by atoms with Crippen molar-refractivity contribution in [3.63, 3.8) is 0 Å². The topological polar surface area (TPSA) is 91.3 Å². The average Bonchev–Trinajstić information content (AvgIpc) is 2.83. The smallest absolute Gasteiger partial charge is 0.365 e. The zero-order valence-electron chi connectivity index (χ0n) is 11.1. The number of hydrogen-bond donors (Lipinski definition) is 3. The second-order valence-electron chi connectivity index (χ2n) is 4.25. The lowest BCUT2D eigenvalue weighted by molar-refractivity contribution is -0.121. The maximum atomic E-state index is 11.5. The van der Waals surface area contributed by atoms with E-state index in [0.717, 1.165) is 17.8 Å². The zero-order valence-corrected chi connectivity index (χ0v) is 11.9. The monoisotopic (exact) mass is 285 g/mol. The largest absolute Gasteiger partial charge is 0.476 e. The van der Waals surface area contributed by atoms with Gasteiger partial charge in [0.25, 0.3) is 0 Å². The van der Waals surface area contributed by atoms with E-state index in [4.69, 9.17) is 5.11 Å². The Morgan fingerprint density at radius 3 is 2.84 bits per heavy atom. The van der Waals surface area contributed by atoms with Crippen molar-refractivity contribution in [2.75, 3.05) is 6.54 Å². The highest BCUT2D eigenvalue weighted by atomic mass is 32.1. The maximum absolute atomic E-state index is 11.5. The molecule has 0 radical (unpaired) electrons. The molecule has 0 spiro atoms. The van der Waals surface area contributed by atoms with Crippen LogP contribution in [0.3, 0.4) is 0 Å². The Bertz CT molecular complexity index is 434. The van der Waals surface area contributed by atoms with Crippen molar-refractivity contribution in [3.05, 3.63) is 16.1 Å². The number of aromatic nitrogens is 1. The van der Waals surface area contributed by atoms with Crippen LogP contribution in [0.4, 0.5) is 0 Å². The lowest BCUT2D eigenvalue weighted by atomic mass is 10.2. The summed E-state index contributed by atoms with van der Waals surface area (Å²) in [6.45, 7) is 5.00. The Morgan fingerprint density at radius 2 is 2.26 bits per heavy atom. The van der Waals surface area contributed by atoms with Gasteiger partial charge < -0.3 is 15.7 Å². The summed E-state index contributed by atoms with van der Waals surface area (Å²) in [7, 11) is 0. The summed E-state index contributed by atoms with van der Waals surface area (Å²) < 4.78 is 0. The van der Waals surface area contributed by atoms with Crippen LogP contribution in [-0.4, -0.2) is 34.6 Å². The standard InChI is InChI=1S/C12H19N3O3S/c1-3-8(2)14-10(16)4-5-13-6-9-7-19-11(15-9)12(17)18/h7-8,13H,3-6H2,1-2H3,(H,14,16)(H,17,18). The number of rotatable bonds is 8. The quantitative estimate of drug-likeness (QED) is 0.625. The van der Waals surface area contributed by atoms with Crippen LogP contribution in [0, 0.1) is 0 Å². The Labute approximate surface area is 116 Å². The minimum absolute atomic E-state index is 0.0198. The highest BCUT2D eigenvalue weighted by molar-refractivity contribution is 7.11. The van der Waals surface area contributed by atoms with E-state index in [2.05, 4.69) is 15.6 Å². The number of carboxylic acids is 1. The van der Waals surface area contributed by atoms with Crippen LogP contribution in [0.25, 0.3) is 0 Å². The lowest BCUT2D eigenvalue weighted by Crippen LogP contribution is -2.33. The van der Waals surface area contributed by atoms with E-state index >= 15 is 0 Å². The third kappa shape index (κ3) is 5.80. The van der Waals surface area contributed by atoms with E-state index in [9.17, 15) is 9.59 Å². The normalized spacial score (nSPS) is 12.1. The molecule has 1 aromatic rings. The van der Waals surface area contributed by atoms with Gasteiger partial charge in [-0.1, -0.05) is 6.92 Å². The van der Waals surface area contributed by atoms with E-state index in [1.54, 1.807) is 5.38 Å². The lowest BCUT2D eigenvalue weighted by Gasteiger charge is -2.11. The molecule has 0 aliphatic heterocycles. The van der Waals surface area contributed by atoms with Crippen LogP contribution in [0.2, 0.25) is 0 Å². The predicted molar refractivity (Wildman–Crippen MR) is 73.3 cm³/mol. The molecule has 6 nitrogen and oxygen atoms in total. The molecule has 0 saturated heterocycles. The van der Waals surface area contributed by atoms with Crippen molar-refractivity contribution in [2.45, 2.75) is 39.3 Å². The number of hydrogen-bond acceptors (Lipinski definition) is 5. The molecule has 1 heterocycles. The van der Waals surface area contributed by atoms with Crippen molar-refractivity contribution in [2.24, 2.45) is 0 Å². The molecular weight excluding hydrogens is 266 g/mol. The first-order chi connectivity index (χ1) is 9.02. The van der Waals surface area contributed by atoms with E-state index in [1.807, 2.05) is 13.8 Å². The van der Waals surface area contributed by atoms with Crippen molar-refractivity contribution < 1.29 is 14.7 Å². The number of amides is 1. The van der Waals surface area contributed by atoms with E-state index in [1.165, 1.54) is 0 Å². The Hall–Kier alpha value is -1.47. The highest BCUT2D eigenvalue weighted by Gasteiger charge is 2.09. The second-order valence-corrected chi connectivity index (χ2v) is 5.11. The molecule has 1 rings (SSSR count). The van der Waals surface area contributed by atoms with Gasteiger partial charge in [-0.25, -0.2) is 9.78 Å². The molecule has 0 aliphatic rings. The first-order valence-corrected chi connectivity index (χ1v) is 7.08. The fourth-order valence-electron chi connectivity index (χ4n) is 1.35. The van der Waals surface area contributed by atoms with Gasteiger partial charge in [0.05, 0.1) is 5.69 Å². The molecule has 0 aromatic carbocycles. The predicted octanol–water partition coefficient (Wildman–Crippen LogP) is 1.24. The number of carbonyl (C=O) groups excluding carboxylic acids is 1. The molecule has 19 heavy (non-hydrogen) atoms. The molecule has 0 aliphatic carbocycles. The fourth-order valence-corrected chi connectivity index (χ4v) is 2.01. The average molecular weight is 285 g/mol. The summed E-state index contributed by atoms with van der Waals surface area (Å²) in [5, 5.41) is 16.5. The van der Waals surface area contributed by atoms with E-state index < -0.39 is 5.97 Å². The summed E-state index contributed by atoms with van der Waals surface area (Å²) in [4.78, 5) is 26.1. The van der Waals surface area contributed by atoms with Crippen LogP contribution in [0.1, 0.15) is 42.2 Å². The third-order valence-electron chi connectivity index (χ3n) is 2.59. The second kappa shape index (κ2) is 7.85. The number of carboxylic acid groups (broad SMARTS) is 1. The molecular formula is C12H19N3O3S. The number of carbonyl (C=O) groups is 2. The third-order valence-corrected chi connectivity index (χ3v) is 3.47. The number of thiazole rings is 1. The first kappa shape index (κ1) is 15.6. The van der Waals surface area contributed by atoms with Crippen molar-refractivity contribution in [1.29, 1.82) is 0 Å². The van der Waals surface area contributed by atoms with Crippen molar-refractivity contribution in [1.82, 2.24) is 15.6 Å². The van der Waals surface area contributed by atoms with Gasteiger partial charge in [0.15, 0.2) is 0 Å². The van der Waals surface area contributed by atoms with Crippen LogP contribution >= 0.6 is 11.3 Å². The van der Waals surface area contributed by atoms with Gasteiger partial charge in [0, 0.05) is 30.9 Å².